The number of hydrogen-bond donors (Lipinski definition) is 1. The normalized spacial score (nSPS) is 11.5. The summed E-state index contributed by atoms with van der Waals surface area (Å²) in [5, 5.41) is 8.53. The summed E-state index contributed by atoms with van der Waals surface area (Å²) >= 11 is 0. The Morgan fingerprint density at radius 1 is 0.737 bits per heavy atom. The van der Waals surface area contributed by atoms with Crippen LogP contribution in [0.15, 0.2) is 12.2 Å². The second-order valence-electron chi connectivity index (χ2n) is 5.26. The Kier molecular flexibility index (Phi) is 17.3. The van der Waals surface area contributed by atoms with Crippen LogP contribution < -0.4 is 0 Å². The van der Waals surface area contributed by atoms with Gasteiger partial charge in [-0.25, -0.2) is 0 Å². The average Bonchev–Trinajstić information content (AvgIpc) is 2.43. The fraction of sp³-hybridized carbons (Fsp3) is 0.882. The molecule has 0 aromatic heterocycles. The lowest BCUT2D eigenvalue weighted by atomic mass is 10.1. The van der Waals surface area contributed by atoms with Crippen LogP contribution in [-0.2, 0) is 4.74 Å². The van der Waals surface area contributed by atoms with Gasteiger partial charge in [0.25, 0.3) is 0 Å². The predicted octanol–water partition coefficient (Wildman–Crippen LogP) is 4.86. The van der Waals surface area contributed by atoms with Gasteiger partial charge in [0.15, 0.2) is 0 Å². The third kappa shape index (κ3) is 17.7. The molecule has 114 valence electrons. The molecule has 0 aliphatic rings. The van der Waals surface area contributed by atoms with Crippen LogP contribution in [0.1, 0.15) is 77.6 Å². The minimum Gasteiger partial charge on any atom is -0.392 e. The third-order valence-corrected chi connectivity index (χ3v) is 3.38. The molecule has 0 atom stereocenters. The van der Waals surface area contributed by atoms with Gasteiger partial charge in [0.05, 0.1) is 13.2 Å². The first kappa shape index (κ1) is 18.7. The van der Waals surface area contributed by atoms with Crippen molar-refractivity contribution in [2.75, 3.05) is 19.8 Å². The molecule has 0 amide bonds. The Balaban J connectivity index is 2.93. The van der Waals surface area contributed by atoms with E-state index >= 15 is 0 Å². The zero-order chi connectivity index (χ0) is 14.0. The summed E-state index contributed by atoms with van der Waals surface area (Å²) in [7, 11) is 0. The van der Waals surface area contributed by atoms with Gasteiger partial charge < -0.3 is 9.84 Å². The lowest BCUT2D eigenvalue weighted by Gasteiger charge is -2.03. The fourth-order valence-corrected chi connectivity index (χ4v) is 2.16. The summed E-state index contributed by atoms with van der Waals surface area (Å²) in [5.74, 6) is 0. The Bertz CT molecular complexity index is 178. The van der Waals surface area contributed by atoms with Gasteiger partial charge in [-0.15, -0.1) is 0 Å². The minimum atomic E-state index is 0.113. The van der Waals surface area contributed by atoms with Gasteiger partial charge in [-0.1, -0.05) is 83.3 Å². The molecule has 19 heavy (non-hydrogen) atoms. The quantitative estimate of drug-likeness (QED) is 0.340. The third-order valence-electron chi connectivity index (χ3n) is 3.38. The molecule has 0 saturated carbocycles. The summed E-state index contributed by atoms with van der Waals surface area (Å²) in [6.45, 7) is 3.87. The van der Waals surface area contributed by atoms with Crippen molar-refractivity contribution < 1.29 is 9.84 Å². The minimum absolute atomic E-state index is 0.113. The second kappa shape index (κ2) is 17.7. The smallest absolute Gasteiger partial charge is 0.0648 e. The molecule has 0 fully saturated rings. The van der Waals surface area contributed by atoms with Crippen LogP contribution in [0.25, 0.3) is 0 Å². The Labute approximate surface area is 120 Å². The Morgan fingerprint density at radius 2 is 1.26 bits per heavy atom. The number of unbranched alkanes of at least 4 members (excludes halogenated alkanes) is 10. The highest BCUT2D eigenvalue weighted by atomic mass is 16.5. The predicted molar refractivity (Wildman–Crippen MR) is 83.5 cm³/mol. The molecule has 2 nitrogen and oxygen atoms in total. The molecule has 0 bridgehead atoms. The zero-order valence-electron chi connectivity index (χ0n) is 12.9. The van der Waals surface area contributed by atoms with Crippen molar-refractivity contribution in [1.82, 2.24) is 0 Å². The largest absolute Gasteiger partial charge is 0.392 e. The average molecular weight is 270 g/mol. The van der Waals surface area contributed by atoms with E-state index in [0.717, 1.165) is 6.61 Å². The van der Waals surface area contributed by atoms with Gasteiger partial charge >= 0.3 is 0 Å². The maximum absolute atomic E-state index is 8.53. The summed E-state index contributed by atoms with van der Waals surface area (Å²) in [6, 6.07) is 0. The van der Waals surface area contributed by atoms with Gasteiger partial charge in [-0.3, -0.25) is 0 Å². The number of rotatable bonds is 15. The van der Waals surface area contributed by atoms with Crippen molar-refractivity contribution in [3.05, 3.63) is 12.2 Å². The van der Waals surface area contributed by atoms with E-state index < -0.39 is 0 Å². The highest BCUT2D eigenvalue weighted by Gasteiger charge is 1.93. The van der Waals surface area contributed by atoms with E-state index in [2.05, 4.69) is 6.92 Å². The lowest BCUT2D eigenvalue weighted by molar-refractivity contribution is 0.156. The molecule has 0 aromatic rings. The molecule has 0 radical (unpaired) electrons. The van der Waals surface area contributed by atoms with Gasteiger partial charge in [0.2, 0.25) is 0 Å². The van der Waals surface area contributed by atoms with Crippen LogP contribution in [-0.4, -0.2) is 24.9 Å². The molecular formula is C17H34O2. The zero-order valence-corrected chi connectivity index (χ0v) is 12.9. The highest BCUT2D eigenvalue weighted by molar-refractivity contribution is 4.80. The van der Waals surface area contributed by atoms with Gasteiger partial charge in [0, 0.05) is 6.61 Å². The molecule has 0 aromatic carbocycles. The van der Waals surface area contributed by atoms with Crippen LogP contribution in [0, 0.1) is 0 Å². The Hall–Kier alpha value is -0.340. The molecule has 0 unspecified atom stereocenters. The second-order valence-corrected chi connectivity index (χ2v) is 5.26. The van der Waals surface area contributed by atoms with E-state index in [0.29, 0.717) is 6.61 Å². The van der Waals surface area contributed by atoms with E-state index in [1.165, 1.54) is 70.6 Å². The van der Waals surface area contributed by atoms with E-state index in [1.807, 2.05) is 6.08 Å². The monoisotopic (exact) mass is 270 g/mol. The van der Waals surface area contributed by atoms with Crippen molar-refractivity contribution in [3.8, 4) is 0 Å². The highest BCUT2D eigenvalue weighted by Crippen LogP contribution is 2.11. The standard InChI is InChI=1S/C17H34O2/c1-2-3-4-5-6-7-8-9-10-11-13-16-19-17-14-12-15-18/h12,14,18H,2-11,13,15-17H2,1H3/b14-12-. The summed E-state index contributed by atoms with van der Waals surface area (Å²) in [6.07, 6.45) is 18.7. The van der Waals surface area contributed by atoms with E-state index in [9.17, 15) is 0 Å². The van der Waals surface area contributed by atoms with Crippen LogP contribution in [0.2, 0.25) is 0 Å². The van der Waals surface area contributed by atoms with Crippen molar-refractivity contribution >= 4 is 0 Å². The first-order chi connectivity index (χ1) is 9.41. The molecular weight excluding hydrogens is 236 g/mol. The summed E-state index contributed by atoms with van der Waals surface area (Å²) in [5.41, 5.74) is 0. The van der Waals surface area contributed by atoms with Crippen molar-refractivity contribution in [2.45, 2.75) is 77.6 Å². The van der Waals surface area contributed by atoms with Crippen molar-refractivity contribution in [3.63, 3.8) is 0 Å². The topological polar surface area (TPSA) is 29.5 Å². The molecule has 0 heterocycles. The maximum atomic E-state index is 8.53. The Morgan fingerprint density at radius 3 is 1.79 bits per heavy atom. The van der Waals surface area contributed by atoms with Crippen molar-refractivity contribution in [1.29, 1.82) is 0 Å². The number of aliphatic hydroxyl groups is 1. The summed E-state index contributed by atoms with van der Waals surface area (Å²) < 4.78 is 5.42. The van der Waals surface area contributed by atoms with Crippen LogP contribution in [0.5, 0.6) is 0 Å². The lowest BCUT2D eigenvalue weighted by Crippen LogP contribution is -1.94. The molecule has 0 saturated heterocycles. The van der Waals surface area contributed by atoms with Gasteiger partial charge in [-0.05, 0) is 6.42 Å². The number of aliphatic hydroxyl groups excluding tert-OH is 1. The van der Waals surface area contributed by atoms with E-state index in [1.54, 1.807) is 6.08 Å². The molecule has 1 N–H and O–H groups in total. The first-order valence-electron chi connectivity index (χ1n) is 8.25. The van der Waals surface area contributed by atoms with Gasteiger partial charge in [-0.2, -0.15) is 0 Å². The fourth-order valence-electron chi connectivity index (χ4n) is 2.16. The summed E-state index contributed by atoms with van der Waals surface area (Å²) in [4.78, 5) is 0. The molecule has 0 aliphatic carbocycles. The molecule has 0 rings (SSSR count). The SMILES string of the molecule is CCCCCCCCCCCCCOC/C=C\CO. The van der Waals surface area contributed by atoms with Gasteiger partial charge in [0.1, 0.15) is 0 Å². The van der Waals surface area contributed by atoms with E-state index in [-0.39, 0.29) is 6.61 Å². The number of ether oxygens (including phenoxy) is 1. The molecule has 0 aliphatic heterocycles. The van der Waals surface area contributed by atoms with Crippen LogP contribution in [0.4, 0.5) is 0 Å². The molecule has 2 heteroatoms. The van der Waals surface area contributed by atoms with Crippen molar-refractivity contribution in [2.24, 2.45) is 0 Å². The maximum Gasteiger partial charge on any atom is 0.0648 e. The number of hydrogen-bond acceptors (Lipinski definition) is 2. The first-order valence-corrected chi connectivity index (χ1v) is 8.25. The van der Waals surface area contributed by atoms with E-state index in [4.69, 9.17) is 9.84 Å². The van der Waals surface area contributed by atoms with Crippen LogP contribution >= 0.6 is 0 Å². The van der Waals surface area contributed by atoms with Crippen LogP contribution in [0.3, 0.4) is 0 Å². The molecule has 0 spiro atoms.